The maximum atomic E-state index is 12.0. The Kier molecular flexibility index (Phi) is 5.08. The van der Waals surface area contributed by atoms with Crippen LogP contribution in [0.15, 0.2) is 53.4 Å². The Labute approximate surface area is 140 Å². The first-order chi connectivity index (χ1) is 11.2. The molecule has 0 saturated carbocycles. The van der Waals surface area contributed by atoms with E-state index in [2.05, 4.69) is 22.8 Å². The van der Waals surface area contributed by atoms with Crippen LogP contribution in [-0.2, 0) is 13.0 Å². The Bertz CT molecular complexity index is 673. The van der Waals surface area contributed by atoms with Crippen LogP contribution in [0, 0.1) is 0 Å². The van der Waals surface area contributed by atoms with Gasteiger partial charge >= 0.3 is 6.03 Å². The first kappa shape index (κ1) is 15.7. The molecular formula is C18H20N2O2S. The molecule has 0 radical (unpaired) electrons. The van der Waals surface area contributed by atoms with Crippen LogP contribution >= 0.6 is 11.8 Å². The second-order valence-electron chi connectivity index (χ2n) is 5.49. The Morgan fingerprint density at radius 3 is 2.78 bits per heavy atom. The summed E-state index contributed by atoms with van der Waals surface area (Å²) in [6.45, 7) is 1.03. The molecule has 2 amide bonds. The summed E-state index contributed by atoms with van der Waals surface area (Å²) < 4.78 is 5.68. The number of carbonyl (C=O) groups excluding carboxylic acids is 1. The summed E-state index contributed by atoms with van der Waals surface area (Å²) in [6.07, 6.45) is 2.84. The van der Waals surface area contributed by atoms with Gasteiger partial charge in [0.1, 0.15) is 12.4 Å². The monoisotopic (exact) mass is 328 g/mol. The minimum Gasteiger partial charge on any atom is -0.491 e. The number of amides is 2. The van der Waals surface area contributed by atoms with Crippen LogP contribution in [0.5, 0.6) is 5.75 Å². The van der Waals surface area contributed by atoms with E-state index in [9.17, 15) is 4.79 Å². The molecule has 120 valence electrons. The van der Waals surface area contributed by atoms with Gasteiger partial charge < -0.3 is 15.4 Å². The lowest BCUT2D eigenvalue weighted by Crippen LogP contribution is -2.47. The molecule has 4 nitrogen and oxygen atoms in total. The lowest BCUT2D eigenvalue weighted by Gasteiger charge is -2.26. The third-order valence-corrected chi connectivity index (χ3v) is 4.57. The van der Waals surface area contributed by atoms with Crippen molar-refractivity contribution in [1.82, 2.24) is 10.6 Å². The number of benzene rings is 2. The van der Waals surface area contributed by atoms with Crippen LogP contribution in [-0.4, -0.2) is 24.9 Å². The van der Waals surface area contributed by atoms with Crippen molar-refractivity contribution in [2.45, 2.75) is 23.9 Å². The van der Waals surface area contributed by atoms with Crippen molar-refractivity contribution in [2.75, 3.05) is 12.9 Å². The fourth-order valence-electron chi connectivity index (χ4n) is 2.58. The van der Waals surface area contributed by atoms with Gasteiger partial charge in [0.2, 0.25) is 0 Å². The van der Waals surface area contributed by atoms with Crippen LogP contribution in [0.3, 0.4) is 0 Å². The van der Waals surface area contributed by atoms with E-state index >= 15 is 0 Å². The Hall–Kier alpha value is -2.14. The summed E-state index contributed by atoms with van der Waals surface area (Å²) in [4.78, 5) is 13.3. The first-order valence-electron chi connectivity index (χ1n) is 7.62. The molecule has 0 bridgehead atoms. The fourth-order valence-corrected chi connectivity index (χ4v) is 2.99. The second kappa shape index (κ2) is 7.42. The van der Waals surface area contributed by atoms with Gasteiger partial charge in [0.05, 0.1) is 6.04 Å². The van der Waals surface area contributed by atoms with Crippen molar-refractivity contribution < 1.29 is 9.53 Å². The number of nitrogens with one attached hydrogen (secondary N) is 2. The van der Waals surface area contributed by atoms with E-state index in [-0.39, 0.29) is 12.1 Å². The minimum absolute atomic E-state index is 0.00349. The van der Waals surface area contributed by atoms with E-state index in [0.29, 0.717) is 13.2 Å². The van der Waals surface area contributed by atoms with Crippen LogP contribution in [0.4, 0.5) is 4.79 Å². The number of fused-ring (bicyclic) bond motifs is 1. The highest BCUT2D eigenvalue weighted by Crippen LogP contribution is 2.23. The molecule has 0 aliphatic carbocycles. The van der Waals surface area contributed by atoms with E-state index in [4.69, 9.17) is 4.74 Å². The standard InChI is InChI=1S/C18H20N2O2S/c1-23-16-8-6-13(7-9-16)11-19-18(21)20-15-10-14-4-2-3-5-17(14)22-12-15/h2-9,15H,10-12H2,1H3,(H2,19,20,21)/t15-/m0/s1. The van der Waals surface area contributed by atoms with E-state index in [1.54, 1.807) is 11.8 Å². The van der Waals surface area contributed by atoms with Crippen molar-refractivity contribution in [1.29, 1.82) is 0 Å². The van der Waals surface area contributed by atoms with E-state index in [0.717, 1.165) is 23.3 Å². The number of ether oxygens (including phenoxy) is 1. The van der Waals surface area contributed by atoms with Gasteiger partial charge in [0.25, 0.3) is 0 Å². The van der Waals surface area contributed by atoms with Gasteiger partial charge in [-0.05, 0) is 42.0 Å². The first-order valence-corrected chi connectivity index (χ1v) is 8.85. The maximum absolute atomic E-state index is 12.0. The van der Waals surface area contributed by atoms with Gasteiger partial charge in [0.15, 0.2) is 0 Å². The molecule has 1 heterocycles. The Morgan fingerprint density at radius 1 is 1.22 bits per heavy atom. The highest BCUT2D eigenvalue weighted by molar-refractivity contribution is 7.98. The molecule has 2 aromatic rings. The quantitative estimate of drug-likeness (QED) is 0.847. The summed E-state index contributed by atoms with van der Waals surface area (Å²) in [6, 6.07) is 16.0. The second-order valence-corrected chi connectivity index (χ2v) is 6.37. The molecule has 1 aliphatic rings. The largest absolute Gasteiger partial charge is 0.491 e. The summed E-state index contributed by atoms with van der Waals surface area (Å²) in [7, 11) is 0. The summed E-state index contributed by atoms with van der Waals surface area (Å²) >= 11 is 1.71. The lowest BCUT2D eigenvalue weighted by molar-refractivity contribution is 0.214. The van der Waals surface area contributed by atoms with Crippen LogP contribution in [0.2, 0.25) is 0 Å². The number of hydrogen-bond donors (Lipinski definition) is 2. The molecule has 5 heteroatoms. The Balaban J connectivity index is 1.48. The van der Waals surface area contributed by atoms with Gasteiger partial charge in [-0.2, -0.15) is 0 Å². The van der Waals surface area contributed by atoms with E-state index in [1.807, 2.05) is 42.7 Å². The maximum Gasteiger partial charge on any atom is 0.315 e. The highest BCUT2D eigenvalue weighted by atomic mass is 32.2. The number of urea groups is 1. The smallest absolute Gasteiger partial charge is 0.315 e. The number of para-hydroxylation sites is 1. The molecule has 1 atom stereocenters. The molecule has 0 spiro atoms. The van der Waals surface area contributed by atoms with Crippen molar-refractivity contribution in [2.24, 2.45) is 0 Å². The van der Waals surface area contributed by atoms with E-state index < -0.39 is 0 Å². The van der Waals surface area contributed by atoms with E-state index in [1.165, 1.54) is 4.90 Å². The van der Waals surface area contributed by atoms with Gasteiger partial charge in [-0.25, -0.2) is 4.79 Å². The zero-order chi connectivity index (χ0) is 16.1. The molecule has 23 heavy (non-hydrogen) atoms. The van der Waals surface area contributed by atoms with Crippen molar-refractivity contribution in [3.05, 3.63) is 59.7 Å². The molecule has 0 unspecified atom stereocenters. The van der Waals surface area contributed by atoms with Crippen molar-refractivity contribution in [3.8, 4) is 5.75 Å². The van der Waals surface area contributed by atoms with Crippen LogP contribution in [0.1, 0.15) is 11.1 Å². The predicted octanol–water partition coefficient (Wildman–Crippen LogP) is 3.21. The number of hydrogen-bond acceptors (Lipinski definition) is 3. The number of carbonyl (C=O) groups is 1. The highest BCUT2D eigenvalue weighted by Gasteiger charge is 2.20. The number of rotatable bonds is 4. The SMILES string of the molecule is CSc1ccc(CNC(=O)N[C@@H]2COc3ccccc3C2)cc1. The topological polar surface area (TPSA) is 50.4 Å². The summed E-state index contributed by atoms with van der Waals surface area (Å²) in [5, 5.41) is 5.87. The fraction of sp³-hybridized carbons (Fsp3) is 0.278. The van der Waals surface area contributed by atoms with Crippen LogP contribution < -0.4 is 15.4 Å². The normalized spacial score (nSPS) is 16.1. The molecule has 3 rings (SSSR count). The average molecular weight is 328 g/mol. The van der Waals surface area contributed by atoms with Gasteiger partial charge in [-0.15, -0.1) is 11.8 Å². The Morgan fingerprint density at radius 2 is 2.00 bits per heavy atom. The zero-order valence-electron chi connectivity index (χ0n) is 13.0. The van der Waals surface area contributed by atoms with Gasteiger partial charge in [0, 0.05) is 11.4 Å². The van der Waals surface area contributed by atoms with Gasteiger partial charge in [-0.1, -0.05) is 30.3 Å². The molecule has 0 aromatic heterocycles. The van der Waals surface area contributed by atoms with Crippen molar-refractivity contribution in [3.63, 3.8) is 0 Å². The molecule has 1 aliphatic heterocycles. The molecule has 0 saturated heterocycles. The predicted molar refractivity (Wildman–Crippen MR) is 93.0 cm³/mol. The average Bonchev–Trinajstić information content (AvgIpc) is 2.60. The zero-order valence-corrected chi connectivity index (χ0v) is 13.9. The third kappa shape index (κ3) is 4.20. The summed E-state index contributed by atoms with van der Waals surface area (Å²) in [5.41, 5.74) is 2.22. The third-order valence-electron chi connectivity index (χ3n) is 3.83. The van der Waals surface area contributed by atoms with Gasteiger partial charge in [-0.3, -0.25) is 0 Å². The number of thioether (sulfide) groups is 1. The molecular weight excluding hydrogens is 308 g/mol. The van der Waals surface area contributed by atoms with Crippen molar-refractivity contribution >= 4 is 17.8 Å². The molecule has 2 N–H and O–H groups in total. The molecule has 2 aromatic carbocycles. The molecule has 0 fully saturated rings. The van der Waals surface area contributed by atoms with Crippen LogP contribution in [0.25, 0.3) is 0 Å². The minimum atomic E-state index is -0.160. The lowest BCUT2D eigenvalue weighted by atomic mass is 10.0. The summed E-state index contributed by atoms with van der Waals surface area (Å²) in [5.74, 6) is 0.917.